The second-order valence-electron chi connectivity index (χ2n) is 13.8. The lowest BCUT2D eigenvalue weighted by Crippen LogP contribution is -2.64. The largest absolute Gasteiger partial charge is 0.394 e. The van der Waals surface area contributed by atoms with Crippen molar-refractivity contribution in [1.29, 1.82) is 0 Å². The SMILES string of the molecule is CNC(=O)C(CCCCNC(=O)CCCCCOC1OC(CO)C(O)C(O)C1NC(C)=O)NC(=O)CCCCCOC1OC(CO)C(O)C(O)C1NC(C)=O. The van der Waals surface area contributed by atoms with Gasteiger partial charge in [0.1, 0.15) is 54.7 Å². The third-order valence-corrected chi connectivity index (χ3v) is 9.30. The van der Waals surface area contributed by atoms with Crippen molar-refractivity contribution in [2.24, 2.45) is 0 Å². The van der Waals surface area contributed by atoms with Crippen LogP contribution in [0.5, 0.6) is 0 Å². The fraction of sp³-hybridized carbons (Fsp3) is 0.857. The number of amides is 5. The number of nitrogens with one attached hydrogen (secondary N) is 5. The standard InChI is InChI=1S/C35H63N5O15/c1-20(43)38-27-31(49)29(47)23(18-41)54-34(27)52-16-10-4-6-13-25(45)37-15-9-8-12-22(33(51)36-3)40-26(46)14-7-5-11-17-53-35-28(39-21(2)44)32(50)30(48)24(19-42)55-35/h22-24,27-32,34-35,41-42,47-50H,4-19H2,1-3H3,(H,36,51)(H,37,45)(H,38,43)(H,39,44)(H,40,46). The van der Waals surface area contributed by atoms with E-state index in [1.54, 1.807) is 0 Å². The molecule has 0 aromatic carbocycles. The van der Waals surface area contributed by atoms with Gasteiger partial charge in [-0.15, -0.1) is 0 Å². The minimum atomic E-state index is -1.41. The molecule has 11 N–H and O–H groups in total. The number of carbonyl (C=O) groups is 5. The molecule has 55 heavy (non-hydrogen) atoms. The van der Waals surface area contributed by atoms with E-state index in [-0.39, 0.29) is 37.4 Å². The number of aliphatic hydroxyl groups excluding tert-OH is 6. The summed E-state index contributed by atoms with van der Waals surface area (Å²) in [7, 11) is 1.48. The van der Waals surface area contributed by atoms with Gasteiger partial charge in [0.15, 0.2) is 12.6 Å². The van der Waals surface area contributed by atoms with Crippen LogP contribution in [-0.2, 0) is 42.9 Å². The molecular weight excluding hydrogens is 730 g/mol. The fourth-order valence-corrected chi connectivity index (χ4v) is 6.25. The Balaban J connectivity index is 1.59. The lowest BCUT2D eigenvalue weighted by atomic mass is 9.97. The summed E-state index contributed by atoms with van der Waals surface area (Å²) in [5.74, 6) is -1.64. The molecule has 0 aliphatic carbocycles. The topological polar surface area (TPSA) is 304 Å². The Bertz CT molecular complexity index is 1190. The van der Waals surface area contributed by atoms with Gasteiger partial charge in [0.2, 0.25) is 29.5 Å². The van der Waals surface area contributed by atoms with E-state index in [1.807, 2.05) is 0 Å². The van der Waals surface area contributed by atoms with Crippen LogP contribution < -0.4 is 26.6 Å². The van der Waals surface area contributed by atoms with Gasteiger partial charge in [-0.3, -0.25) is 24.0 Å². The lowest BCUT2D eigenvalue weighted by molar-refractivity contribution is -0.270. The first-order chi connectivity index (χ1) is 26.2. The summed E-state index contributed by atoms with van der Waals surface area (Å²) in [5.41, 5.74) is 0. The Hall–Kier alpha value is -3.05. The molecule has 2 fully saturated rings. The third kappa shape index (κ3) is 16.9. The number of ether oxygens (including phenoxy) is 4. The van der Waals surface area contributed by atoms with Crippen molar-refractivity contribution < 1.29 is 73.6 Å². The molecule has 2 saturated heterocycles. The van der Waals surface area contributed by atoms with Crippen LogP contribution in [0.25, 0.3) is 0 Å². The first kappa shape index (κ1) is 48.1. The molecule has 0 spiro atoms. The van der Waals surface area contributed by atoms with Crippen molar-refractivity contribution in [3.63, 3.8) is 0 Å². The fourth-order valence-electron chi connectivity index (χ4n) is 6.25. The van der Waals surface area contributed by atoms with Crippen molar-refractivity contribution in [2.45, 2.75) is 152 Å². The van der Waals surface area contributed by atoms with Crippen LogP contribution in [0.1, 0.15) is 84.5 Å². The van der Waals surface area contributed by atoms with E-state index in [9.17, 15) is 54.6 Å². The monoisotopic (exact) mass is 793 g/mol. The maximum Gasteiger partial charge on any atom is 0.242 e. The summed E-state index contributed by atoms with van der Waals surface area (Å²) in [5, 5.41) is 72.9. The van der Waals surface area contributed by atoms with Crippen molar-refractivity contribution >= 4 is 29.5 Å². The van der Waals surface area contributed by atoms with Gasteiger partial charge in [0.25, 0.3) is 0 Å². The molecule has 0 radical (unpaired) electrons. The maximum absolute atomic E-state index is 12.6. The van der Waals surface area contributed by atoms with E-state index in [2.05, 4.69) is 26.6 Å². The zero-order chi connectivity index (χ0) is 40.9. The van der Waals surface area contributed by atoms with Crippen molar-refractivity contribution in [2.75, 3.05) is 40.0 Å². The molecule has 0 bridgehead atoms. The molecule has 318 valence electrons. The predicted molar refractivity (Wildman–Crippen MR) is 192 cm³/mol. The predicted octanol–water partition coefficient (Wildman–Crippen LogP) is -3.45. The van der Waals surface area contributed by atoms with E-state index in [1.165, 1.54) is 20.9 Å². The number of carbonyl (C=O) groups excluding carboxylic acids is 5. The number of likely N-dealkylation sites (N-methyl/N-ethyl adjacent to an activating group) is 1. The van der Waals surface area contributed by atoms with Crippen LogP contribution in [0.15, 0.2) is 0 Å². The van der Waals surface area contributed by atoms with Crippen molar-refractivity contribution in [3.8, 4) is 0 Å². The van der Waals surface area contributed by atoms with Gasteiger partial charge in [-0.2, -0.15) is 0 Å². The number of aliphatic hydroxyl groups is 6. The Morgan fingerprint density at radius 2 is 1.11 bits per heavy atom. The molecule has 0 aromatic rings. The van der Waals surface area contributed by atoms with E-state index in [0.29, 0.717) is 70.8 Å². The summed E-state index contributed by atoms with van der Waals surface area (Å²) in [6.45, 7) is 2.19. The smallest absolute Gasteiger partial charge is 0.242 e. The van der Waals surface area contributed by atoms with Gasteiger partial charge < -0.3 is 76.2 Å². The quantitative estimate of drug-likeness (QED) is 0.0401. The van der Waals surface area contributed by atoms with E-state index in [4.69, 9.17) is 18.9 Å². The Morgan fingerprint density at radius 3 is 1.55 bits per heavy atom. The van der Waals surface area contributed by atoms with Gasteiger partial charge in [-0.25, -0.2) is 0 Å². The highest BCUT2D eigenvalue weighted by Crippen LogP contribution is 2.24. The van der Waals surface area contributed by atoms with Crippen molar-refractivity contribution in [3.05, 3.63) is 0 Å². The van der Waals surface area contributed by atoms with Gasteiger partial charge in [0.05, 0.1) is 13.2 Å². The van der Waals surface area contributed by atoms with Gasteiger partial charge in [-0.1, -0.05) is 12.8 Å². The van der Waals surface area contributed by atoms with Crippen LogP contribution in [0.2, 0.25) is 0 Å². The number of hydrogen-bond donors (Lipinski definition) is 11. The molecule has 2 rings (SSSR count). The Kier molecular flexibility index (Phi) is 22.7. The maximum atomic E-state index is 12.6. The lowest BCUT2D eigenvalue weighted by Gasteiger charge is -2.42. The summed E-state index contributed by atoms with van der Waals surface area (Å²) in [4.78, 5) is 60.4. The second kappa shape index (κ2) is 26.0. The summed E-state index contributed by atoms with van der Waals surface area (Å²) in [6.07, 6.45) is -4.46. The van der Waals surface area contributed by atoms with E-state index < -0.39 is 92.4 Å². The zero-order valence-electron chi connectivity index (χ0n) is 32.0. The third-order valence-electron chi connectivity index (χ3n) is 9.30. The minimum absolute atomic E-state index is 0.128. The average Bonchev–Trinajstić information content (AvgIpc) is 3.15. The zero-order valence-corrected chi connectivity index (χ0v) is 32.0. The van der Waals surface area contributed by atoms with Crippen molar-refractivity contribution in [1.82, 2.24) is 26.6 Å². The molecule has 11 atom stereocenters. The number of rotatable bonds is 25. The summed E-state index contributed by atoms with van der Waals surface area (Å²) in [6, 6.07) is -2.78. The summed E-state index contributed by atoms with van der Waals surface area (Å²) >= 11 is 0. The van der Waals surface area contributed by atoms with E-state index >= 15 is 0 Å². The Morgan fingerprint density at radius 1 is 0.636 bits per heavy atom. The van der Waals surface area contributed by atoms with Crippen LogP contribution in [0.3, 0.4) is 0 Å². The first-order valence-electron chi connectivity index (χ1n) is 19.0. The molecule has 2 aliphatic heterocycles. The van der Waals surface area contributed by atoms with Crippen LogP contribution >= 0.6 is 0 Å². The minimum Gasteiger partial charge on any atom is -0.394 e. The average molecular weight is 794 g/mol. The number of unbranched alkanes of at least 4 members (excludes halogenated alkanes) is 5. The molecule has 5 amide bonds. The van der Waals surface area contributed by atoms with Crippen LogP contribution in [0, 0.1) is 0 Å². The Labute approximate surface area is 321 Å². The molecule has 2 aliphatic rings. The molecule has 0 aromatic heterocycles. The van der Waals surface area contributed by atoms with Gasteiger partial charge >= 0.3 is 0 Å². The number of hydrogen-bond acceptors (Lipinski definition) is 15. The molecule has 11 unspecified atom stereocenters. The normalized spacial score (nSPS) is 28.5. The highest BCUT2D eigenvalue weighted by atomic mass is 16.7. The second-order valence-corrected chi connectivity index (χ2v) is 13.8. The highest BCUT2D eigenvalue weighted by molar-refractivity contribution is 5.87. The molecule has 2 heterocycles. The van der Waals surface area contributed by atoms with Crippen LogP contribution in [-0.4, -0.2) is 168 Å². The molecule has 20 heteroatoms. The van der Waals surface area contributed by atoms with Gasteiger partial charge in [0, 0.05) is 53.5 Å². The molecular formula is C35H63N5O15. The summed E-state index contributed by atoms with van der Waals surface area (Å²) < 4.78 is 22.4. The molecule has 20 nitrogen and oxygen atoms in total. The first-order valence-corrected chi connectivity index (χ1v) is 19.0. The van der Waals surface area contributed by atoms with Gasteiger partial charge in [-0.05, 0) is 44.9 Å². The van der Waals surface area contributed by atoms with E-state index in [0.717, 1.165) is 0 Å². The van der Waals surface area contributed by atoms with Crippen LogP contribution in [0.4, 0.5) is 0 Å². The highest BCUT2D eigenvalue weighted by Gasteiger charge is 2.46. The molecule has 0 saturated carbocycles.